The van der Waals surface area contributed by atoms with E-state index >= 15 is 0 Å². The Balaban J connectivity index is 2.17. The molecule has 19 heavy (non-hydrogen) atoms. The Morgan fingerprint density at radius 1 is 1.47 bits per heavy atom. The number of halogens is 1. The molecule has 1 aliphatic rings. The molecule has 104 valence electrons. The van der Waals surface area contributed by atoms with E-state index in [0.29, 0.717) is 5.02 Å². The number of para-hydroxylation sites is 1. The van der Waals surface area contributed by atoms with Crippen LogP contribution in [0.3, 0.4) is 0 Å². The minimum Gasteiger partial charge on any atom is -0.323 e. The number of nitrogens with one attached hydrogen (secondary N) is 2. The molecule has 0 aromatic heterocycles. The van der Waals surface area contributed by atoms with Crippen LogP contribution in [0.1, 0.15) is 32.3 Å². The van der Waals surface area contributed by atoms with Gasteiger partial charge in [0, 0.05) is 0 Å². The Labute approximate surface area is 119 Å². The van der Waals surface area contributed by atoms with E-state index in [9.17, 15) is 4.79 Å². The summed E-state index contributed by atoms with van der Waals surface area (Å²) < 4.78 is 0. The lowest BCUT2D eigenvalue weighted by Crippen LogP contribution is -2.53. The van der Waals surface area contributed by atoms with Crippen molar-refractivity contribution in [3.05, 3.63) is 28.8 Å². The summed E-state index contributed by atoms with van der Waals surface area (Å²) in [6.45, 7) is 7.09. The van der Waals surface area contributed by atoms with Crippen molar-refractivity contribution in [1.29, 1.82) is 0 Å². The number of rotatable bonds is 2. The van der Waals surface area contributed by atoms with Gasteiger partial charge in [0.1, 0.15) is 0 Å². The van der Waals surface area contributed by atoms with Crippen LogP contribution in [0, 0.1) is 12.3 Å². The average molecular weight is 281 g/mol. The quantitative estimate of drug-likeness (QED) is 0.872. The summed E-state index contributed by atoms with van der Waals surface area (Å²) in [5.74, 6) is 0.000833. The summed E-state index contributed by atoms with van der Waals surface area (Å²) in [6.07, 6.45) is 2.17. The van der Waals surface area contributed by atoms with Gasteiger partial charge in [0.15, 0.2) is 0 Å². The molecule has 1 amide bonds. The number of carbonyl (C=O) groups is 1. The normalized spacial score (nSPS) is 22.0. The molecule has 0 spiro atoms. The summed E-state index contributed by atoms with van der Waals surface area (Å²) in [6, 6.07) is 5.46. The maximum absolute atomic E-state index is 12.5. The maximum Gasteiger partial charge on any atom is 0.242 e. The third-order valence-electron chi connectivity index (χ3n) is 3.86. The van der Waals surface area contributed by atoms with E-state index in [4.69, 9.17) is 11.6 Å². The second kappa shape index (κ2) is 5.51. The van der Waals surface area contributed by atoms with E-state index in [1.165, 1.54) is 0 Å². The molecule has 0 aliphatic carbocycles. The van der Waals surface area contributed by atoms with Crippen LogP contribution in [0.5, 0.6) is 0 Å². The minimum atomic E-state index is -0.170. The standard InChI is InChI=1S/C15H21ClN2O/c1-10-6-4-7-11(16)12(10)18-14(19)13-15(2,3)8-5-9-17-13/h4,6-7,13,17H,5,8-9H2,1-3H3,(H,18,19). The summed E-state index contributed by atoms with van der Waals surface area (Å²) in [5, 5.41) is 6.87. The molecule has 1 unspecified atom stereocenters. The van der Waals surface area contributed by atoms with Crippen LogP contribution in [0.2, 0.25) is 5.02 Å². The second-order valence-corrected chi connectivity index (χ2v) is 6.31. The van der Waals surface area contributed by atoms with Crippen molar-refractivity contribution < 1.29 is 4.79 Å². The predicted octanol–water partition coefficient (Wildman–Crippen LogP) is 3.37. The Bertz CT molecular complexity index is 465. The highest BCUT2D eigenvalue weighted by Crippen LogP contribution is 2.32. The van der Waals surface area contributed by atoms with Gasteiger partial charge in [-0.25, -0.2) is 0 Å². The SMILES string of the molecule is Cc1cccc(Cl)c1NC(=O)C1NCCCC1(C)C. The van der Waals surface area contributed by atoms with Crippen molar-refractivity contribution in [2.45, 2.75) is 39.7 Å². The molecule has 4 heteroatoms. The number of hydrogen-bond donors (Lipinski definition) is 2. The maximum atomic E-state index is 12.5. The monoisotopic (exact) mass is 280 g/mol. The number of hydrogen-bond acceptors (Lipinski definition) is 2. The van der Waals surface area contributed by atoms with Gasteiger partial charge < -0.3 is 10.6 Å². The number of piperidine rings is 1. The van der Waals surface area contributed by atoms with Crippen LogP contribution in [-0.2, 0) is 4.79 Å². The number of benzene rings is 1. The fraction of sp³-hybridized carbons (Fsp3) is 0.533. The van der Waals surface area contributed by atoms with E-state index in [2.05, 4.69) is 24.5 Å². The van der Waals surface area contributed by atoms with Crippen molar-refractivity contribution >= 4 is 23.2 Å². The summed E-state index contributed by atoms with van der Waals surface area (Å²) >= 11 is 6.15. The lowest BCUT2D eigenvalue weighted by molar-refractivity contribution is -0.121. The number of anilines is 1. The van der Waals surface area contributed by atoms with Gasteiger partial charge in [-0.1, -0.05) is 37.6 Å². The van der Waals surface area contributed by atoms with Gasteiger partial charge >= 0.3 is 0 Å². The zero-order chi connectivity index (χ0) is 14.0. The van der Waals surface area contributed by atoms with Gasteiger partial charge in [0.25, 0.3) is 0 Å². The first-order chi connectivity index (χ1) is 8.92. The predicted molar refractivity (Wildman–Crippen MR) is 79.6 cm³/mol. The molecule has 1 atom stereocenters. The van der Waals surface area contributed by atoms with Gasteiger partial charge in [0.05, 0.1) is 16.8 Å². The van der Waals surface area contributed by atoms with Crippen molar-refractivity contribution in [2.75, 3.05) is 11.9 Å². The summed E-state index contributed by atoms with van der Waals surface area (Å²) in [4.78, 5) is 12.5. The number of amides is 1. The molecular formula is C15H21ClN2O. The van der Waals surface area contributed by atoms with Gasteiger partial charge in [-0.15, -0.1) is 0 Å². The fourth-order valence-corrected chi connectivity index (χ4v) is 2.91. The Hall–Kier alpha value is -1.06. The molecule has 1 saturated heterocycles. The Morgan fingerprint density at radius 3 is 2.84 bits per heavy atom. The molecule has 0 bridgehead atoms. The van der Waals surface area contributed by atoms with Crippen LogP contribution in [-0.4, -0.2) is 18.5 Å². The third kappa shape index (κ3) is 3.10. The average Bonchev–Trinajstić information content (AvgIpc) is 2.33. The van der Waals surface area contributed by atoms with E-state index in [-0.39, 0.29) is 17.4 Å². The molecule has 1 aromatic rings. The van der Waals surface area contributed by atoms with Crippen LogP contribution in [0.4, 0.5) is 5.69 Å². The lowest BCUT2D eigenvalue weighted by atomic mass is 9.77. The Kier molecular flexibility index (Phi) is 4.16. The van der Waals surface area contributed by atoms with E-state index < -0.39 is 0 Å². The molecule has 0 radical (unpaired) electrons. The first-order valence-electron chi connectivity index (χ1n) is 6.71. The third-order valence-corrected chi connectivity index (χ3v) is 4.18. The molecule has 2 N–H and O–H groups in total. The molecule has 1 heterocycles. The zero-order valence-corrected chi connectivity index (χ0v) is 12.5. The topological polar surface area (TPSA) is 41.1 Å². The highest BCUT2D eigenvalue weighted by Gasteiger charge is 2.37. The van der Waals surface area contributed by atoms with E-state index in [0.717, 1.165) is 30.6 Å². The minimum absolute atomic E-state index is 0.000833. The van der Waals surface area contributed by atoms with E-state index in [1.807, 2.05) is 19.1 Å². The zero-order valence-electron chi connectivity index (χ0n) is 11.7. The molecular weight excluding hydrogens is 260 g/mol. The lowest BCUT2D eigenvalue weighted by Gasteiger charge is -2.38. The Morgan fingerprint density at radius 2 is 2.21 bits per heavy atom. The molecule has 1 aliphatic heterocycles. The summed E-state index contributed by atoms with van der Waals surface area (Å²) in [7, 11) is 0. The van der Waals surface area contributed by atoms with Crippen molar-refractivity contribution in [3.63, 3.8) is 0 Å². The molecule has 1 aromatic carbocycles. The smallest absolute Gasteiger partial charge is 0.242 e. The van der Waals surface area contributed by atoms with Crippen molar-refractivity contribution in [2.24, 2.45) is 5.41 Å². The largest absolute Gasteiger partial charge is 0.323 e. The fourth-order valence-electron chi connectivity index (χ4n) is 2.64. The first-order valence-corrected chi connectivity index (χ1v) is 7.09. The molecule has 3 nitrogen and oxygen atoms in total. The van der Waals surface area contributed by atoms with Crippen LogP contribution in [0.25, 0.3) is 0 Å². The number of aryl methyl sites for hydroxylation is 1. The molecule has 1 fully saturated rings. The molecule has 0 saturated carbocycles. The summed E-state index contributed by atoms with van der Waals surface area (Å²) in [5.41, 5.74) is 1.67. The van der Waals surface area contributed by atoms with E-state index in [1.54, 1.807) is 6.07 Å². The van der Waals surface area contributed by atoms with Gasteiger partial charge in [-0.2, -0.15) is 0 Å². The van der Waals surface area contributed by atoms with Crippen molar-refractivity contribution in [3.8, 4) is 0 Å². The van der Waals surface area contributed by atoms with Crippen molar-refractivity contribution in [1.82, 2.24) is 5.32 Å². The van der Waals surface area contributed by atoms with Crippen LogP contribution < -0.4 is 10.6 Å². The van der Waals surface area contributed by atoms with Gasteiger partial charge in [-0.05, 0) is 43.4 Å². The van der Waals surface area contributed by atoms with Gasteiger partial charge in [-0.3, -0.25) is 4.79 Å². The first kappa shape index (κ1) is 14.4. The number of carbonyl (C=O) groups excluding carboxylic acids is 1. The molecule has 2 rings (SSSR count). The second-order valence-electron chi connectivity index (χ2n) is 5.90. The van der Waals surface area contributed by atoms with Crippen LogP contribution in [0.15, 0.2) is 18.2 Å². The van der Waals surface area contributed by atoms with Gasteiger partial charge in [0.2, 0.25) is 5.91 Å². The highest BCUT2D eigenvalue weighted by molar-refractivity contribution is 6.34. The highest BCUT2D eigenvalue weighted by atomic mass is 35.5. The van der Waals surface area contributed by atoms with Crippen LogP contribution >= 0.6 is 11.6 Å².